The molecule has 1 amide bonds. The molecule has 1 saturated carbocycles. The number of pyridine rings is 1. The normalized spacial score (nSPS) is 26.2. The van der Waals surface area contributed by atoms with Crippen LogP contribution in [0.2, 0.25) is 0 Å². The predicted molar refractivity (Wildman–Crippen MR) is 98.0 cm³/mol. The number of amides is 1. The van der Waals surface area contributed by atoms with E-state index in [0.29, 0.717) is 12.0 Å². The molecule has 3 atom stereocenters. The first-order valence-corrected chi connectivity index (χ1v) is 9.29. The van der Waals surface area contributed by atoms with Crippen LogP contribution in [0.1, 0.15) is 42.7 Å². The molecule has 4 nitrogen and oxygen atoms in total. The van der Waals surface area contributed by atoms with Crippen molar-refractivity contribution in [3.8, 4) is 0 Å². The molecule has 0 spiro atoms. The van der Waals surface area contributed by atoms with Gasteiger partial charge in [-0.15, -0.1) is 0 Å². The Balaban J connectivity index is 1.37. The summed E-state index contributed by atoms with van der Waals surface area (Å²) in [5.41, 5.74) is 2.56. The molecule has 4 rings (SSSR count). The number of hydrogen-bond acceptors (Lipinski definition) is 3. The summed E-state index contributed by atoms with van der Waals surface area (Å²) in [6, 6.07) is 14.9. The fourth-order valence-corrected chi connectivity index (χ4v) is 3.90. The van der Waals surface area contributed by atoms with Gasteiger partial charge in [-0.05, 0) is 49.1 Å². The lowest BCUT2D eigenvalue weighted by Gasteiger charge is -2.34. The molecular formula is C21H25N3O. The molecule has 4 heteroatoms. The van der Waals surface area contributed by atoms with E-state index in [9.17, 15) is 4.79 Å². The number of piperidine rings is 1. The first-order chi connectivity index (χ1) is 12.3. The summed E-state index contributed by atoms with van der Waals surface area (Å²) in [5, 5.41) is 3.29. The highest BCUT2D eigenvalue weighted by Crippen LogP contribution is 2.40. The third-order valence-corrected chi connectivity index (χ3v) is 5.40. The molecule has 2 heterocycles. The van der Waals surface area contributed by atoms with Gasteiger partial charge in [0.15, 0.2) is 0 Å². The number of benzene rings is 1. The summed E-state index contributed by atoms with van der Waals surface area (Å²) in [6.07, 6.45) is 7.97. The largest absolute Gasteiger partial charge is 0.351 e. The Morgan fingerprint density at radius 1 is 1.12 bits per heavy atom. The molecule has 2 fully saturated rings. The van der Waals surface area contributed by atoms with Crippen molar-refractivity contribution < 1.29 is 4.79 Å². The highest BCUT2D eigenvalue weighted by molar-refractivity contribution is 5.82. The number of hydrogen-bond donors (Lipinski definition) is 1. The highest BCUT2D eigenvalue weighted by Gasteiger charge is 2.41. The van der Waals surface area contributed by atoms with Gasteiger partial charge in [0.05, 0.1) is 6.04 Å². The standard InChI is InChI=1S/C21H25N3O/c25-21(23-19-14-18(19)17-6-2-1-3-7-17)20-8-4-5-13-24(20)15-16-9-11-22-12-10-16/h1-3,6-7,9-12,18-20H,4-5,8,13-15H2,(H,23,25)/t18-,19+,20+/m0/s1. The van der Waals surface area contributed by atoms with E-state index in [1.807, 2.05) is 30.6 Å². The van der Waals surface area contributed by atoms with Crippen LogP contribution in [0.25, 0.3) is 0 Å². The second-order valence-corrected chi connectivity index (χ2v) is 7.21. The van der Waals surface area contributed by atoms with Gasteiger partial charge in [-0.2, -0.15) is 0 Å². The lowest BCUT2D eigenvalue weighted by molar-refractivity contribution is -0.128. The fraction of sp³-hybridized carbons (Fsp3) is 0.429. The Kier molecular flexibility index (Phi) is 4.79. The van der Waals surface area contributed by atoms with E-state index < -0.39 is 0 Å². The van der Waals surface area contributed by atoms with Gasteiger partial charge in [-0.25, -0.2) is 0 Å². The average Bonchev–Trinajstić information content (AvgIpc) is 3.43. The molecule has 1 aromatic heterocycles. The zero-order valence-corrected chi connectivity index (χ0v) is 14.5. The zero-order chi connectivity index (χ0) is 17.1. The van der Waals surface area contributed by atoms with E-state index in [1.54, 1.807) is 0 Å². The van der Waals surface area contributed by atoms with Gasteiger partial charge in [-0.1, -0.05) is 36.8 Å². The SMILES string of the molecule is O=C(N[C@@H]1C[C@H]1c1ccccc1)[C@H]1CCCCN1Cc1ccncc1. The summed E-state index contributed by atoms with van der Waals surface area (Å²) in [7, 11) is 0. The quantitative estimate of drug-likeness (QED) is 0.913. The third-order valence-electron chi connectivity index (χ3n) is 5.40. The number of aromatic nitrogens is 1. The maximum absolute atomic E-state index is 12.9. The van der Waals surface area contributed by atoms with Crippen LogP contribution < -0.4 is 5.32 Å². The Labute approximate surface area is 149 Å². The van der Waals surface area contributed by atoms with Crippen LogP contribution in [-0.4, -0.2) is 34.4 Å². The van der Waals surface area contributed by atoms with Gasteiger partial charge >= 0.3 is 0 Å². The summed E-state index contributed by atoms with van der Waals surface area (Å²) < 4.78 is 0. The van der Waals surface area contributed by atoms with Crippen molar-refractivity contribution in [3.05, 3.63) is 66.0 Å². The maximum Gasteiger partial charge on any atom is 0.237 e. The minimum absolute atomic E-state index is 0.000983. The predicted octanol–water partition coefficient (Wildman–Crippen LogP) is 3.11. The van der Waals surface area contributed by atoms with Crippen molar-refractivity contribution in [2.45, 2.75) is 50.2 Å². The second kappa shape index (κ2) is 7.36. The van der Waals surface area contributed by atoms with Crippen molar-refractivity contribution >= 4 is 5.91 Å². The number of carbonyl (C=O) groups is 1. The van der Waals surface area contributed by atoms with Crippen LogP contribution in [0.3, 0.4) is 0 Å². The molecule has 2 aromatic rings. The van der Waals surface area contributed by atoms with Crippen LogP contribution in [0.4, 0.5) is 0 Å². The van der Waals surface area contributed by atoms with E-state index in [-0.39, 0.29) is 11.9 Å². The monoisotopic (exact) mass is 335 g/mol. The van der Waals surface area contributed by atoms with Crippen molar-refractivity contribution in [1.82, 2.24) is 15.2 Å². The van der Waals surface area contributed by atoms with Crippen LogP contribution in [0.5, 0.6) is 0 Å². The molecule has 130 valence electrons. The minimum Gasteiger partial charge on any atom is -0.351 e. The Hall–Kier alpha value is -2.20. The van der Waals surface area contributed by atoms with Crippen molar-refractivity contribution in [1.29, 1.82) is 0 Å². The molecule has 0 radical (unpaired) electrons. The van der Waals surface area contributed by atoms with E-state index >= 15 is 0 Å². The number of carbonyl (C=O) groups excluding carboxylic acids is 1. The van der Waals surface area contributed by atoms with Gasteiger partial charge in [0, 0.05) is 30.9 Å². The summed E-state index contributed by atoms with van der Waals surface area (Å²) in [4.78, 5) is 19.3. The molecule has 2 aliphatic rings. The molecule has 0 bridgehead atoms. The Bertz CT molecular complexity index is 704. The van der Waals surface area contributed by atoms with E-state index in [4.69, 9.17) is 0 Å². The molecule has 1 aliphatic carbocycles. The number of nitrogens with zero attached hydrogens (tertiary/aromatic N) is 2. The van der Waals surface area contributed by atoms with Crippen molar-refractivity contribution in [2.75, 3.05) is 6.54 Å². The van der Waals surface area contributed by atoms with Crippen LogP contribution in [0, 0.1) is 0 Å². The molecule has 1 N–H and O–H groups in total. The second-order valence-electron chi connectivity index (χ2n) is 7.21. The lowest BCUT2D eigenvalue weighted by Crippen LogP contribution is -2.49. The maximum atomic E-state index is 12.9. The van der Waals surface area contributed by atoms with E-state index in [2.05, 4.69) is 39.5 Å². The van der Waals surface area contributed by atoms with Crippen molar-refractivity contribution in [2.24, 2.45) is 0 Å². The fourth-order valence-electron chi connectivity index (χ4n) is 3.90. The van der Waals surface area contributed by atoms with Gasteiger partial charge < -0.3 is 5.32 Å². The van der Waals surface area contributed by atoms with Crippen LogP contribution >= 0.6 is 0 Å². The third kappa shape index (κ3) is 3.90. The summed E-state index contributed by atoms with van der Waals surface area (Å²) in [6.45, 7) is 1.82. The molecule has 25 heavy (non-hydrogen) atoms. The van der Waals surface area contributed by atoms with Crippen molar-refractivity contribution in [3.63, 3.8) is 0 Å². The Morgan fingerprint density at radius 2 is 1.92 bits per heavy atom. The molecule has 1 aliphatic heterocycles. The van der Waals surface area contributed by atoms with Gasteiger partial charge in [0.25, 0.3) is 0 Å². The van der Waals surface area contributed by atoms with E-state index in [1.165, 1.54) is 17.5 Å². The molecule has 1 aromatic carbocycles. The minimum atomic E-state index is -0.000983. The van der Waals surface area contributed by atoms with Crippen LogP contribution in [-0.2, 0) is 11.3 Å². The smallest absolute Gasteiger partial charge is 0.237 e. The molecule has 1 saturated heterocycles. The molecular weight excluding hydrogens is 310 g/mol. The first-order valence-electron chi connectivity index (χ1n) is 9.29. The van der Waals surface area contributed by atoms with Gasteiger partial charge in [0.1, 0.15) is 0 Å². The molecule has 0 unspecified atom stereocenters. The summed E-state index contributed by atoms with van der Waals surface area (Å²) >= 11 is 0. The highest BCUT2D eigenvalue weighted by atomic mass is 16.2. The zero-order valence-electron chi connectivity index (χ0n) is 14.5. The van der Waals surface area contributed by atoms with Crippen LogP contribution in [0.15, 0.2) is 54.9 Å². The Morgan fingerprint density at radius 3 is 2.72 bits per heavy atom. The van der Waals surface area contributed by atoms with E-state index in [0.717, 1.165) is 32.4 Å². The summed E-state index contributed by atoms with van der Waals surface area (Å²) in [5.74, 6) is 0.694. The number of likely N-dealkylation sites (tertiary alicyclic amines) is 1. The van der Waals surface area contributed by atoms with Gasteiger partial charge in [0.2, 0.25) is 5.91 Å². The topological polar surface area (TPSA) is 45.2 Å². The lowest BCUT2D eigenvalue weighted by atomic mass is 10.0. The average molecular weight is 335 g/mol. The first kappa shape index (κ1) is 16.3. The number of rotatable bonds is 5. The number of nitrogens with one attached hydrogen (secondary N) is 1. The van der Waals surface area contributed by atoms with Gasteiger partial charge in [-0.3, -0.25) is 14.7 Å².